The molecular formula is C25H22N2O4. The van der Waals surface area contributed by atoms with E-state index in [1.807, 2.05) is 60.7 Å². The van der Waals surface area contributed by atoms with Crippen molar-refractivity contribution in [2.24, 2.45) is 0 Å². The van der Waals surface area contributed by atoms with Crippen molar-refractivity contribution in [1.29, 1.82) is 0 Å². The molecule has 6 heteroatoms. The summed E-state index contributed by atoms with van der Waals surface area (Å²) >= 11 is 0. The van der Waals surface area contributed by atoms with Crippen molar-refractivity contribution in [1.82, 2.24) is 10.2 Å². The predicted molar refractivity (Wildman–Crippen MR) is 116 cm³/mol. The van der Waals surface area contributed by atoms with E-state index < -0.39 is 11.6 Å². The van der Waals surface area contributed by atoms with Crippen molar-refractivity contribution in [2.45, 2.75) is 12.5 Å². The molecule has 1 heterocycles. The first-order valence-electron chi connectivity index (χ1n) is 10.0. The van der Waals surface area contributed by atoms with E-state index in [2.05, 4.69) is 5.32 Å². The Morgan fingerprint density at radius 3 is 2.00 bits per heavy atom. The second-order valence-electron chi connectivity index (χ2n) is 7.27. The summed E-state index contributed by atoms with van der Waals surface area (Å²) in [6.07, 6.45) is 0. The molecule has 31 heavy (non-hydrogen) atoms. The molecule has 4 rings (SSSR count). The third kappa shape index (κ3) is 3.68. The summed E-state index contributed by atoms with van der Waals surface area (Å²) < 4.78 is 5.74. The fraction of sp³-hybridized carbons (Fsp3) is 0.160. The minimum atomic E-state index is -1.29. The number of rotatable bonds is 7. The lowest BCUT2D eigenvalue weighted by Gasteiger charge is -2.28. The Balaban J connectivity index is 1.59. The highest BCUT2D eigenvalue weighted by molar-refractivity contribution is 6.09. The summed E-state index contributed by atoms with van der Waals surface area (Å²) in [5.74, 6) is -0.0458. The van der Waals surface area contributed by atoms with E-state index in [-0.39, 0.29) is 24.8 Å². The van der Waals surface area contributed by atoms with Crippen LogP contribution in [-0.2, 0) is 10.3 Å². The largest absolute Gasteiger partial charge is 0.491 e. The number of para-hydroxylation sites is 1. The van der Waals surface area contributed by atoms with Gasteiger partial charge in [0, 0.05) is 0 Å². The number of Topliss-reactive ketones (excluding diaryl/α,β-unsaturated/α-hetero) is 1. The number of benzene rings is 3. The van der Waals surface area contributed by atoms with Crippen LogP contribution in [0.25, 0.3) is 0 Å². The monoisotopic (exact) mass is 414 g/mol. The molecule has 0 atom stereocenters. The lowest BCUT2D eigenvalue weighted by molar-refractivity contribution is -0.130. The number of carbonyl (C=O) groups is 3. The summed E-state index contributed by atoms with van der Waals surface area (Å²) in [5.41, 5.74) is 0.536. The fourth-order valence-electron chi connectivity index (χ4n) is 3.84. The van der Waals surface area contributed by atoms with Gasteiger partial charge in [-0.05, 0) is 30.2 Å². The molecule has 0 aromatic heterocycles. The molecule has 6 nitrogen and oxygen atoms in total. The number of nitrogens with zero attached hydrogens (tertiary/aromatic N) is 1. The van der Waals surface area contributed by atoms with Crippen LogP contribution in [0.3, 0.4) is 0 Å². The smallest absolute Gasteiger partial charge is 0.325 e. The van der Waals surface area contributed by atoms with Crippen LogP contribution >= 0.6 is 0 Å². The van der Waals surface area contributed by atoms with E-state index in [4.69, 9.17) is 4.74 Å². The van der Waals surface area contributed by atoms with Crippen molar-refractivity contribution in [3.8, 4) is 5.75 Å². The van der Waals surface area contributed by atoms with Crippen LogP contribution in [0.4, 0.5) is 4.79 Å². The lowest BCUT2D eigenvalue weighted by Crippen LogP contribution is -2.45. The van der Waals surface area contributed by atoms with E-state index in [1.165, 1.54) is 6.92 Å². The average molecular weight is 414 g/mol. The number of nitrogens with one attached hydrogen (secondary N) is 1. The normalized spacial score (nSPS) is 14.9. The number of urea groups is 1. The number of ether oxygens (including phenoxy) is 1. The SMILES string of the molecule is CC(=O)c1ccccc1OCCN1C(=O)NC(c2ccccc2)(c2ccccc2)C1=O. The standard InChI is InChI=1S/C25H22N2O4/c1-18(28)21-14-8-9-15-22(21)31-17-16-27-23(29)25(26-24(27)30,19-10-4-2-5-11-19)20-12-6-3-7-13-20/h2-15H,16-17H2,1H3,(H,26,30). The molecule has 0 saturated carbocycles. The van der Waals surface area contributed by atoms with Crippen LogP contribution in [0, 0.1) is 0 Å². The van der Waals surface area contributed by atoms with E-state index in [1.54, 1.807) is 24.3 Å². The zero-order valence-corrected chi connectivity index (χ0v) is 17.1. The summed E-state index contributed by atoms with van der Waals surface area (Å²) in [6, 6.07) is 24.8. The van der Waals surface area contributed by atoms with Crippen molar-refractivity contribution < 1.29 is 19.1 Å². The number of ketones is 1. The van der Waals surface area contributed by atoms with Crippen molar-refractivity contribution >= 4 is 17.7 Å². The van der Waals surface area contributed by atoms with Gasteiger partial charge >= 0.3 is 6.03 Å². The molecular weight excluding hydrogens is 392 g/mol. The maximum Gasteiger partial charge on any atom is 0.325 e. The van der Waals surface area contributed by atoms with Gasteiger partial charge in [0.2, 0.25) is 0 Å². The van der Waals surface area contributed by atoms with Gasteiger partial charge in [-0.2, -0.15) is 0 Å². The van der Waals surface area contributed by atoms with E-state index in [9.17, 15) is 14.4 Å². The Morgan fingerprint density at radius 2 is 1.42 bits per heavy atom. The maximum absolute atomic E-state index is 13.6. The second-order valence-corrected chi connectivity index (χ2v) is 7.27. The van der Waals surface area contributed by atoms with Gasteiger partial charge in [0.15, 0.2) is 11.3 Å². The summed E-state index contributed by atoms with van der Waals surface area (Å²) in [4.78, 5) is 39.4. The fourth-order valence-corrected chi connectivity index (χ4v) is 3.84. The number of amides is 3. The Bertz CT molecular complexity index is 1070. The predicted octanol–water partition coefficient (Wildman–Crippen LogP) is 3.76. The third-order valence-electron chi connectivity index (χ3n) is 5.36. The van der Waals surface area contributed by atoms with Crippen LogP contribution in [0.15, 0.2) is 84.9 Å². The number of hydrogen-bond acceptors (Lipinski definition) is 4. The molecule has 0 unspecified atom stereocenters. The van der Waals surface area contributed by atoms with Crippen LogP contribution in [0.1, 0.15) is 28.4 Å². The van der Waals surface area contributed by atoms with Crippen LogP contribution < -0.4 is 10.1 Å². The average Bonchev–Trinajstić information content (AvgIpc) is 3.06. The molecule has 1 N–H and O–H groups in total. The Labute approximate surface area is 180 Å². The highest BCUT2D eigenvalue weighted by Crippen LogP contribution is 2.35. The number of hydrogen-bond donors (Lipinski definition) is 1. The maximum atomic E-state index is 13.6. The molecule has 1 saturated heterocycles. The van der Waals surface area contributed by atoms with Crippen LogP contribution in [-0.4, -0.2) is 35.8 Å². The van der Waals surface area contributed by atoms with Crippen molar-refractivity contribution in [2.75, 3.05) is 13.2 Å². The molecule has 1 fully saturated rings. The molecule has 3 aromatic carbocycles. The van der Waals surface area contributed by atoms with Gasteiger partial charge in [-0.1, -0.05) is 72.8 Å². The molecule has 0 aliphatic carbocycles. The first-order chi connectivity index (χ1) is 15.0. The Morgan fingerprint density at radius 1 is 0.871 bits per heavy atom. The lowest BCUT2D eigenvalue weighted by atomic mass is 9.82. The zero-order valence-electron chi connectivity index (χ0n) is 17.1. The van der Waals surface area contributed by atoms with Crippen LogP contribution in [0.5, 0.6) is 5.75 Å². The Hall–Kier alpha value is -3.93. The molecule has 0 spiro atoms. The first kappa shape index (κ1) is 20.3. The molecule has 1 aliphatic rings. The highest BCUT2D eigenvalue weighted by atomic mass is 16.5. The summed E-state index contributed by atoms with van der Waals surface area (Å²) in [5, 5.41) is 2.91. The number of imide groups is 1. The van der Waals surface area contributed by atoms with Gasteiger partial charge < -0.3 is 10.1 Å². The molecule has 3 aromatic rings. The first-order valence-corrected chi connectivity index (χ1v) is 10.0. The molecule has 1 aliphatic heterocycles. The minimum Gasteiger partial charge on any atom is -0.491 e. The Kier molecular flexibility index (Phi) is 5.54. The van der Waals surface area contributed by atoms with Gasteiger partial charge in [0.25, 0.3) is 5.91 Å². The van der Waals surface area contributed by atoms with Gasteiger partial charge in [-0.3, -0.25) is 14.5 Å². The van der Waals surface area contributed by atoms with Gasteiger partial charge in [0.1, 0.15) is 12.4 Å². The molecule has 0 bridgehead atoms. The highest BCUT2D eigenvalue weighted by Gasteiger charge is 2.53. The quantitative estimate of drug-likeness (QED) is 0.472. The van der Waals surface area contributed by atoms with Crippen molar-refractivity contribution in [3.05, 3.63) is 102 Å². The van der Waals surface area contributed by atoms with Gasteiger partial charge in [0.05, 0.1) is 12.1 Å². The summed E-state index contributed by atoms with van der Waals surface area (Å²) in [6.45, 7) is 1.59. The van der Waals surface area contributed by atoms with E-state index in [0.29, 0.717) is 22.4 Å². The van der Waals surface area contributed by atoms with Gasteiger partial charge in [-0.25, -0.2) is 4.79 Å². The van der Waals surface area contributed by atoms with Gasteiger partial charge in [-0.15, -0.1) is 0 Å². The molecule has 3 amide bonds. The molecule has 156 valence electrons. The van der Waals surface area contributed by atoms with Crippen molar-refractivity contribution in [3.63, 3.8) is 0 Å². The second kappa shape index (κ2) is 8.44. The minimum absolute atomic E-state index is 0.0539. The van der Waals surface area contributed by atoms with E-state index in [0.717, 1.165) is 4.90 Å². The molecule has 0 radical (unpaired) electrons. The third-order valence-corrected chi connectivity index (χ3v) is 5.36. The van der Waals surface area contributed by atoms with E-state index >= 15 is 0 Å². The van der Waals surface area contributed by atoms with Crippen LogP contribution in [0.2, 0.25) is 0 Å². The zero-order chi connectivity index (χ0) is 21.8. The summed E-state index contributed by atoms with van der Waals surface area (Å²) in [7, 11) is 0. The topological polar surface area (TPSA) is 75.7 Å². The number of carbonyl (C=O) groups excluding carboxylic acids is 3.